The van der Waals surface area contributed by atoms with Crippen LogP contribution in [0.15, 0.2) is 16.6 Å². The molecule has 0 amide bonds. The zero-order chi connectivity index (χ0) is 11.4. The van der Waals surface area contributed by atoms with E-state index in [1.807, 2.05) is 13.0 Å². The van der Waals surface area contributed by atoms with Crippen LogP contribution in [-0.2, 0) is 0 Å². The van der Waals surface area contributed by atoms with E-state index >= 15 is 0 Å². The molecule has 1 N–H and O–H groups in total. The Bertz CT molecular complexity index is 361. The lowest BCUT2D eigenvalue weighted by Gasteiger charge is -2.13. The predicted octanol–water partition coefficient (Wildman–Crippen LogP) is 2.33. The van der Waals surface area contributed by atoms with Gasteiger partial charge in [-0.25, -0.2) is 0 Å². The van der Waals surface area contributed by atoms with Gasteiger partial charge in [0, 0.05) is 4.47 Å². The van der Waals surface area contributed by atoms with Crippen LogP contribution >= 0.6 is 15.9 Å². The Kier molecular flexibility index (Phi) is 4.29. The Morgan fingerprint density at radius 1 is 1.60 bits per heavy atom. The second-order valence-corrected chi connectivity index (χ2v) is 4.33. The first-order chi connectivity index (χ1) is 7.04. The smallest absolute Gasteiger partial charge is 0.153 e. The molecule has 15 heavy (non-hydrogen) atoms. The van der Waals surface area contributed by atoms with E-state index in [1.165, 1.54) is 0 Å². The number of carbonyl (C=O) groups is 1. The lowest BCUT2D eigenvalue weighted by molar-refractivity contribution is 0.109. The van der Waals surface area contributed by atoms with Crippen LogP contribution in [0.25, 0.3) is 0 Å². The minimum absolute atomic E-state index is 0.184. The van der Waals surface area contributed by atoms with Gasteiger partial charge in [0.05, 0.1) is 11.7 Å². The molecule has 0 aliphatic heterocycles. The highest BCUT2D eigenvalue weighted by atomic mass is 79.9. The number of aryl methyl sites for hydroxylation is 1. The third-order valence-corrected chi connectivity index (χ3v) is 2.32. The second kappa shape index (κ2) is 5.28. The van der Waals surface area contributed by atoms with Crippen molar-refractivity contribution in [1.82, 2.24) is 0 Å². The van der Waals surface area contributed by atoms with Gasteiger partial charge in [-0.05, 0) is 31.5 Å². The summed E-state index contributed by atoms with van der Waals surface area (Å²) in [5.74, 6) is 0.536. The highest BCUT2D eigenvalue weighted by Crippen LogP contribution is 2.26. The summed E-state index contributed by atoms with van der Waals surface area (Å²) in [6, 6.07) is 3.56. The number of hydrogen-bond donors (Lipinski definition) is 1. The van der Waals surface area contributed by atoms with Crippen molar-refractivity contribution in [2.75, 3.05) is 6.61 Å². The maximum Gasteiger partial charge on any atom is 0.153 e. The second-order valence-electron chi connectivity index (χ2n) is 3.42. The summed E-state index contributed by atoms with van der Waals surface area (Å²) in [5.41, 5.74) is 1.36. The summed E-state index contributed by atoms with van der Waals surface area (Å²) in [6.45, 7) is 3.67. The van der Waals surface area contributed by atoms with E-state index in [2.05, 4.69) is 15.9 Å². The molecular weight excluding hydrogens is 260 g/mol. The molecule has 4 heteroatoms. The van der Waals surface area contributed by atoms with Crippen LogP contribution in [0.5, 0.6) is 5.75 Å². The number of benzene rings is 1. The SMILES string of the molecule is Cc1cc(Br)cc(C=O)c1OCC(C)O. The molecule has 0 heterocycles. The van der Waals surface area contributed by atoms with Crippen molar-refractivity contribution in [2.24, 2.45) is 0 Å². The van der Waals surface area contributed by atoms with E-state index in [-0.39, 0.29) is 6.61 Å². The van der Waals surface area contributed by atoms with Crippen molar-refractivity contribution in [3.63, 3.8) is 0 Å². The number of ether oxygens (including phenoxy) is 1. The maximum absolute atomic E-state index is 10.8. The fourth-order valence-electron chi connectivity index (χ4n) is 1.24. The van der Waals surface area contributed by atoms with E-state index in [9.17, 15) is 4.79 Å². The highest BCUT2D eigenvalue weighted by molar-refractivity contribution is 9.10. The van der Waals surface area contributed by atoms with E-state index in [4.69, 9.17) is 9.84 Å². The molecule has 0 aromatic heterocycles. The van der Waals surface area contributed by atoms with Gasteiger partial charge < -0.3 is 9.84 Å². The fourth-order valence-corrected chi connectivity index (χ4v) is 1.83. The Morgan fingerprint density at radius 2 is 2.27 bits per heavy atom. The summed E-state index contributed by atoms with van der Waals surface area (Å²) in [7, 11) is 0. The van der Waals surface area contributed by atoms with Crippen molar-refractivity contribution in [3.8, 4) is 5.75 Å². The topological polar surface area (TPSA) is 46.5 Å². The third-order valence-electron chi connectivity index (χ3n) is 1.86. The molecule has 0 bridgehead atoms. The molecule has 0 radical (unpaired) electrons. The lowest BCUT2D eigenvalue weighted by atomic mass is 10.1. The zero-order valence-corrected chi connectivity index (χ0v) is 10.2. The van der Waals surface area contributed by atoms with Crippen LogP contribution < -0.4 is 4.74 Å². The Hall–Kier alpha value is -0.870. The van der Waals surface area contributed by atoms with Crippen molar-refractivity contribution < 1.29 is 14.6 Å². The number of rotatable bonds is 4. The Morgan fingerprint density at radius 3 is 2.80 bits per heavy atom. The summed E-state index contributed by atoms with van der Waals surface area (Å²) in [6.07, 6.45) is 0.197. The van der Waals surface area contributed by atoms with Crippen molar-refractivity contribution in [2.45, 2.75) is 20.0 Å². The van der Waals surface area contributed by atoms with Crippen molar-refractivity contribution in [3.05, 3.63) is 27.7 Å². The lowest BCUT2D eigenvalue weighted by Crippen LogP contribution is -2.14. The number of halogens is 1. The van der Waals surface area contributed by atoms with Gasteiger partial charge in [-0.15, -0.1) is 0 Å². The van der Waals surface area contributed by atoms with E-state index < -0.39 is 6.10 Å². The van der Waals surface area contributed by atoms with Gasteiger partial charge in [0.1, 0.15) is 12.4 Å². The Balaban J connectivity index is 2.99. The molecule has 1 unspecified atom stereocenters. The molecule has 1 aromatic carbocycles. The molecule has 0 aliphatic rings. The highest BCUT2D eigenvalue weighted by Gasteiger charge is 2.09. The minimum atomic E-state index is -0.549. The molecule has 82 valence electrons. The molecule has 0 saturated heterocycles. The standard InChI is InChI=1S/C11H13BrO3/c1-7-3-10(12)4-9(5-13)11(7)15-6-8(2)14/h3-5,8,14H,6H2,1-2H3. The monoisotopic (exact) mass is 272 g/mol. The average Bonchev–Trinajstić information content (AvgIpc) is 2.14. The van der Waals surface area contributed by atoms with E-state index in [0.29, 0.717) is 11.3 Å². The minimum Gasteiger partial charge on any atom is -0.490 e. The van der Waals surface area contributed by atoms with Crippen LogP contribution in [-0.4, -0.2) is 24.1 Å². The Labute approximate surface area is 97.2 Å². The zero-order valence-electron chi connectivity index (χ0n) is 8.66. The first-order valence-electron chi connectivity index (χ1n) is 4.60. The van der Waals surface area contributed by atoms with E-state index in [0.717, 1.165) is 16.3 Å². The van der Waals surface area contributed by atoms with Gasteiger partial charge in [-0.2, -0.15) is 0 Å². The van der Waals surface area contributed by atoms with Gasteiger partial charge in [0.15, 0.2) is 6.29 Å². The van der Waals surface area contributed by atoms with Crippen LogP contribution in [0.3, 0.4) is 0 Å². The quantitative estimate of drug-likeness (QED) is 0.856. The normalized spacial score (nSPS) is 12.3. The molecule has 1 aromatic rings. The molecule has 0 fully saturated rings. The molecule has 0 spiro atoms. The van der Waals surface area contributed by atoms with Crippen molar-refractivity contribution in [1.29, 1.82) is 0 Å². The summed E-state index contributed by atoms with van der Waals surface area (Å²) < 4.78 is 6.21. The average molecular weight is 273 g/mol. The predicted molar refractivity (Wildman–Crippen MR) is 61.4 cm³/mol. The first kappa shape index (κ1) is 12.2. The van der Waals surface area contributed by atoms with Gasteiger partial charge in [0.25, 0.3) is 0 Å². The number of aldehydes is 1. The number of hydrogen-bond acceptors (Lipinski definition) is 3. The summed E-state index contributed by atoms with van der Waals surface area (Å²) in [4.78, 5) is 10.8. The van der Waals surface area contributed by atoms with Crippen molar-refractivity contribution >= 4 is 22.2 Å². The van der Waals surface area contributed by atoms with Crippen LogP contribution in [0.1, 0.15) is 22.8 Å². The van der Waals surface area contributed by atoms with Gasteiger partial charge >= 0.3 is 0 Å². The summed E-state index contributed by atoms with van der Waals surface area (Å²) in [5, 5.41) is 9.10. The van der Waals surface area contributed by atoms with Gasteiger partial charge in [-0.3, -0.25) is 4.79 Å². The molecular formula is C11H13BrO3. The van der Waals surface area contributed by atoms with Gasteiger partial charge in [-0.1, -0.05) is 15.9 Å². The molecule has 1 rings (SSSR count). The summed E-state index contributed by atoms with van der Waals surface area (Å²) >= 11 is 3.30. The third kappa shape index (κ3) is 3.32. The van der Waals surface area contributed by atoms with Crippen LogP contribution in [0.4, 0.5) is 0 Å². The number of carbonyl (C=O) groups excluding carboxylic acids is 1. The number of aliphatic hydroxyl groups excluding tert-OH is 1. The molecule has 1 atom stereocenters. The number of aliphatic hydroxyl groups is 1. The van der Waals surface area contributed by atoms with Crippen LogP contribution in [0.2, 0.25) is 0 Å². The molecule has 3 nitrogen and oxygen atoms in total. The first-order valence-corrected chi connectivity index (χ1v) is 5.40. The fraction of sp³-hybridized carbons (Fsp3) is 0.364. The molecule has 0 saturated carbocycles. The molecule has 0 aliphatic carbocycles. The van der Waals surface area contributed by atoms with Crippen LogP contribution in [0, 0.1) is 6.92 Å². The maximum atomic E-state index is 10.8. The van der Waals surface area contributed by atoms with E-state index in [1.54, 1.807) is 13.0 Å². The largest absolute Gasteiger partial charge is 0.490 e. The van der Waals surface area contributed by atoms with Gasteiger partial charge in [0.2, 0.25) is 0 Å².